The minimum absolute atomic E-state index is 0.155. The second kappa shape index (κ2) is 8.03. The number of amides is 1. The highest BCUT2D eigenvalue weighted by molar-refractivity contribution is 5.94. The molecule has 0 radical (unpaired) electrons. The van der Waals surface area contributed by atoms with E-state index < -0.39 is 5.97 Å². The largest absolute Gasteiger partial charge is 0.452 e. The molecule has 1 N–H and O–H groups in total. The SMILES string of the molecule is Cc1nc2ccc(C(=O)OCC(=O)N[C@H]3CCC[C@@H](C)[C@@H]3C)cc2nc1C. The summed E-state index contributed by atoms with van der Waals surface area (Å²) in [4.78, 5) is 33.4. The first-order valence-corrected chi connectivity index (χ1v) is 9.56. The van der Waals surface area contributed by atoms with Crippen LogP contribution in [0.3, 0.4) is 0 Å². The van der Waals surface area contributed by atoms with Gasteiger partial charge in [-0.2, -0.15) is 0 Å². The number of carbonyl (C=O) groups excluding carboxylic acids is 2. The molecule has 0 unspecified atom stereocenters. The third kappa shape index (κ3) is 4.43. The van der Waals surface area contributed by atoms with Gasteiger partial charge in [0.1, 0.15) is 0 Å². The maximum absolute atomic E-state index is 12.3. The van der Waals surface area contributed by atoms with Crippen molar-refractivity contribution in [2.45, 2.75) is 53.0 Å². The van der Waals surface area contributed by atoms with E-state index >= 15 is 0 Å². The smallest absolute Gasteiger partial charge is 0.338 e. The molecule has 6 nitrogen and oxygen atoms in total. The van der Waals surface area contributed by atoms with Gasteiger partial charge < -0.3 is 10.1 Å². The van der Waals surface area contributed by atoms with Crippen molar-refractivity contribution >= 4 is 22.9 Å². The monoisotopic (exact) mass is 369 g/mol. The summed E-state index contributed by atoms with van der Waals surface area (Å²) >= 11 is 0. The summed E-state index contributed by atoms with van der Waals surface area (Å²) in [6.45, 7) is 7.89. The van der Waals surface area contributed by atoms with Crippen molar-refractivity contribution in [1.82, 2.24) is 15.3 Å². The Morgan fingerprint density at radius 1 is 1.11 bits per heavy atom. The molecule has 1 aliphatic carbocycles. The number of nitrogens with zero attached hydrogens (tertiary/aromatic N) is 2. The van der Waals surface area contributed by atoms with E-state index in [2.05, 4.69) is 29.1 Å². The van der Waals surface area contributed by atoms with Crippen molar-refractivity contribution in [1.29, 1.82) is 0 Å². The highest BCUT2D eigenvalue weighted by atomic mass is 16.5. The van der Waals surface area contributed by atoms with Crippen molar-refractivity contribution in [3.05, 3.63) is 35.2 Å². The molecule has 3 atom stereocenters. The lowest BCUT2D eigenvalue weighted by Gasteiger charge is -2.34. The van der Waals surface area contributed by atoms with Crippen LogP contribution >= 0.6 is 0 Å². The molecule has 1 heterocycles. The molecule has 0 bridgehead atoms. The average molecular weight is 369 g/mol. The molecule has 0 saturated heterocycles. The highest BCUT2D eigenvalue weighted by Gasteiger charge is 2.28. The number of nitrogens with one attached hydrogen (secondary N) is 1. The number of hydrogen-bond acceptors (Lipinski definition) is 5. The summed E-state index contributed by atoms with van der Waals surface area (Å²) in [5.41, 5.74) is 3.42. The molecule has 6 heteroatoms. The fourth-order valence-corrected chi connectivity index (χ4v) is 3.61. The molecule has 0 aliphatic heterocycles. The van der Waals surface area contributed by atoms with Crippen LogP contribution in [-0.4, -0.2) is 34.5 Å². The van der Waals surface area contributed by atoms with Crippen LogP contribution in [-0.2, 0) is 9.53 Å². The standard InChI is InChI=1S/C21H27N3O3/c1-12-6-5-7-17(13(12)2)24-20(25)11-27-21(26)16-8-9-18-19(10-16)23-15(4)14(3)22-18/h8-10,12-13,17H,5-7,11H2,1-4H3,(H,24,25)/t12-,13+,17+/m1/s1. The van der Waals surface area contributed by atoms with Gasteiger partial charge in [0.15, 0.2) is 6.61 Å². The predicted octanol–water partition coefficient (Wildman–Crippen LogP) is 3.34. The molecule has 144 valence electrons. The van der Waals surface area contributed by atoms with Gasteiger partial charge in [0.25, 0.3) is 5.91 Å². The van der Waals surface area contributed by atoms with E-state index in [9.17, 15) is 9.59 Å². The Bertz CT molecular complexity index is 865. The van der Waals surface area contributed by atoms with Gasteiger partial charge in [0.05, 0.1) is 28.0 Å². The summed E-state index contributed by atoms with van der Waals surface area (Å²) in [5, 5.41) is 3.01. The molecule has 3 rings (SSSR count). The maximum Gasteiger partial charge on any atom is 0.338 e. The molecule has 0 spiro atoms. The van der Waals surface area contributed by atoms with Crippen LogP contribution in [0.2, 0.25) is 0 Å². The Labute approximate surface area is 159 Å². The maximum atomic E-state index is 12.3. The van der Waals surface area contributed by atoms with Crippen LogP contribution in [0, 0.1) is 25.7 Å². The van der Waals surface area contributed by atoms with Gasteiger partial charge in [-0.3, -0.25) is 4.79 Å². The fraction of sp³-hybridized carbons (Fsp3) is 0.524. The third-order valence-electron chi connectivity index (χ3n) is 5.70. The van der Waals surface area contributed by atoms with E-state index in [0.717, 1.165) is 29.7 Å². The van der Waals surface area contributed by atoms with Crippen LogP contribution in [0.5, 0.6) is 0 Å². The number of fused-ring (bicyclic) bond motifs is 1. The lowest BCUT2D eigenvalue weighted by molar-refractivity contribution is -0.125. The van der Waals surface area contributed by atoms with Gasteiger partial charge in [-0.05, 0) is 50.3 Å². The fourth-order valence-electron chi connectivity index (χ4n) is 3.61. The summed E-state index contributed by atoms with van der Waals surface area (Å²) in [6.07, 6.45) is 3.30. The third-order valence-corrected chi connectivity index (χ3v) is 5.70. The van der Waals surface area contributed by atoms with E-state index in [1.165, 1.54) is 6.42 Å². The quantitative estimate of drug-likeness (QED) is 0.836. The van der Waals surface area contributed by atoms with Gasteiger partial charge in [0, 0.05) is 6.04 Å². The molecule has 1 fully saturated rings. The van der Waals surface area contributed by atoms with Gasteiger partial charge in [-0.15, -0.1) is 0 Å². The zero-order valence-corrected chi connectivity index (χ0v) is 16.4. The number of aromatic nitrogens is 2. The Hall–Kier alpha value is -2.50. The minimum Gasteiger partial charge on any atom is -0.452 e. The molecular weight excluding hydrogens is 342 g/mol. The number of hydrogen-bond donors (Lipinski definition) is 1. The predicted molar refractivity (Wildman–Crippen MR) is 103 cm³/mol. The summed E-state index contributed by atoms with van der Waals surface area (Å²) in [7, 11) is 0. The normalized spacial score (nSPS) is 22.4. The Morgan fingerprint density at radius 2 is 1.81 bits per heavy atom. The van der Waals surface area contributed by atoms with Crippen molar-refractivity contribution < 1.29 is 14.3 Å². The van der Waals surface area contributed by atoms with Crippen LogP contribution < -0.4 is 5.32 Å². The lowest BCUT2D eigenvalue weighted by Crippen LogP contribution is -2.45. The van der Waals surface area contributed by atoms with E-state index in [-0.39, 0.29) is 18.6 Å². The summed E-state index contributed by atoms with van der Waals surface area (Å²) < 4.78 is 5.20. The molecule has 1 aromatic heterocycles. The van der Waals surface area contributed by atoms with Crippen molar-refractivity contribution in [2.75, 3.05) is 6.61 Å². The number of rotatable bonds is 4. The van der Waals surface area contributed by atoms with Crippen LogP contribution in [0.4, 0.5) is 0 Å². The number of carbonyl (C=O) groups is 2. The molecule has 1 aromatic carbocycles. The Balaban J connectivity index is 1.59. The molecule has 2 aromatic rings. The van der Waals surface area contributed by atoms with E-state index in [1.54, 1.807) is 18.2 Å². The number of esters is 1. The van der Waals surface area contributed by atoms with Gasteiger partial charge >= 0.3 is 5.97 Å². The topological polar surface area (TPSA) is 81.2 Å². The van der Waals surface area contributed by atoms with Crippen molar-refractivity contribution in [3.63, 3.8) is 0 Å². The van der Waals surface area contributed by atoms with Gasteiger partial charge in [0.2, 0.25) is 0 Å². The Kier molecular flexibility index (Phi) is 5.73. The number of ether oxygens (including phenoxy) is 1. The highest BCUT2D eigenvalue weighted by Crippen LogP contribution is 2.29. The first-order valence-electron chi connectivity index (χ1n) is 9.56. The van der Waals surface area contributed by atoms with Gasteiger partial charge in [-0.1, -0.05) is 26.7 Å². The molecule has 1 saturated carbocycles. The Morgan fingerprint density at radius 3 is 2.56 bits per heavy atom. The number of aryl methyl sites for hydroxylation is 2. The molecule has 1 aliphatic rings. The van der Waals surface area contributed by atoms with E-state index in [1.807, 2.05) is 13.8 Å². The van der Waals surface area contributed by atoms with Crippen molar-refractivity contribution in [2.24, 2.45) is 11.8 Å². The minimum atomic E-state index is -0.530. The van der Waals surface area contributed by atoms with Crippen LogP contribution in [0.25, 0.3) is 11.0 Å². The molecular formula is C21H27N3O3. The number of benzene rings is 1. The van der Waals surface area contributed by atoms with Crippen molar-refractivity contribution in [3.8, 4) is 0 Å². The van der Waals surface area contributed by atoms with Gasteiger partial charge in [-0.25, -0.2) is 14.8 Å². The molecule has 27 heavy (non-hydrogen) atoms. The van der Waals surface area contributed by atoms with Crippen LogP contribution in [0.15, 0.2) is 18.2 Å². The zero-order chi connectivity index (χ0) is 19.6. The second-order valence-corrected chi connectivity index (χ2v) is 7.62. The lowest BCUT2D eigenvalue weighted by atomic mass is 9.78. The second-order valence-electron chi connectivity index (χ2n) is 7.62. The first kappa shape index (κ1) is 19.3. The summed E-state index contributed by atoms with van der Waals surface area (Å²) in [6, 6.07) is 5.20. The zero-order valence-electron chi connectivity index (χ0n) is 16.4. The summed E-state index contributed by atoms with van der Waals surface area (Å²) in [5.74, 6) is 0.250. The average Bonchev–Trinajstić information content (AvgIpc) is 2.64. The van der Waals surface area contributed by atoms with E-state index in [0.29, 0.717) is 22.9 Å². The first-order chi connectivity index (χ1) is 12.8. The van der Waals surface area contributed by atoms with Crippen LogP contribution in [0.1, 0.15) is 54.9 Å². The van der Waals surface area contributed by atoms with E-state index in [4.69, 9.17) is 4.74 Å². The molecule has 1 amide bonds.